The molecule has 0 saturated carbocycles. The third-order valence-corrected chi connectivity index (χ3v) is 4.16. The van der Waals surface area contributed by atoms with Gasteiger partial charge in [0.1, 0.15) is 5.82 Å². The average molecular weight is 334 g/mol. The molecule has 1 aliphatic rings. The van der Waals surface area contributed by atoms with E-state index in [2.05, 4.69) is 25.3 Å². The summed E-state index contributed by atoms with van der Waals surface area (Å²) >= 11 is 0. The third-order valence-electron chi connectivity index (χ3n) is 4.16. The van der Waals surface area contributed by atoms with Gasteiger partial charge in [-0.1, -0.05) is 6.07 Å². The van der Waals surface area contributed by atoms with E-state index in [0.717, 1.165) is 18.9 Å². The summed E-state index contributed by atoms with van der Waals surface area (Å²) in [4.78, 5) is 23.2. The quantitative estimate of drug-likeness (QED) is 0.793. The summed E-state index contributed by atoms with van der Waals surface area (Å²) in [6.07, 6.45) is 9.04. The Kier molecular flexibility index (Phi) is 4.12. The molecule has 0 radical (unpaired) electrons. The van der Waals surface area contributed by atoms with Gasteiger partial charge < -0.3 is 10.2 Å². The van der Waals surface area contributed by atoms with Crippen molar-refractivity contribution in [2.45, 2.75) is 12.8 Å². The molecular weight excluding hydrogens is 316 g/mol. The summed E-state index contributed by atoms with van der Waals surface area (Å²) in [5, 5.41) is 7.05. The number of carbonyl (C=O) groups excluding carboxylic acids is 1. The van der Waals surface area contributed by atoms with Gasteiger partial charge in [-0.3, -0.25) is 4.79 Å². The van der Waals surface area contributed by atoms with Crippen LogP contribution < -0.4 is 10.2 Å². The van der Waals surface area contributed by atoms with Crippen molar-refractivity contribution in [3.63, 3.8) is 0 Å². The first-order chi connectivity index (χ1) is 12.3. The molecule has 4 rings (SSSR count). The molecule has 25 heavy (non-hydrogen) atoms. The molecule has 0 unspecified atom stereocenters. The Balaban J connectivity index is 1.44. The van der Waals surface area contributed by atoms with E-state index in [-0.39, 0.29) is 5.91 Å². The Labute approximate surface area is 145 Å². The Morgan fingerprint density at radius 1 is 1.00 bits per heavy atom. The van der Waals surface area contributed by atoms with E-state index in [1.807, 2.05) is 24.3 Å². The molecule has 126 valence electrons. The van der Waals surface area contributed by atoms with Gasteiger partial charge in [-0.05, 0) is 37.1 Å². The number of pyridine rings is 2. The van der Waals surface area contributed by atoms with Gasteiger partial charge in [-0.15, -0.1) is 0 Å². The van der Waals surface area contributed by atoms with Crippen LogP contribution in [-0.2, 0) is 0 Å². The van der Waals surface area contributed by atoms with Gasteiger partial charge in [0, 0.05) is 25.5 Å². The lowest BCUT2D eigenvalue weighted by Gasteiger charge is -2.16. The highest BCUT2D eigenvalue weighted by atomic mass is 16.1. The fourth-order valence-electron chi connectivity index (χ4n) is 2.86. The van der Waals surface area contributed by atoms with E-state index in [1.165, 1.54) is 12.8 Å². The van der Waals surface area contributed by atoms with Crippen LogP contribution in [0, 0.1) is 0 Å². The zero-order valence-corrected chi connectivity index (χ0v) is 13.7. The predicted molar refractivity (Wildman–Crippen MR) is 95.0 cm³/mol. The van der Waals surface area contributed by atoms with Crippen molar-refractivity contribution in [1.82, 2.24) is 19.7 Å². The Hall–Kier alpha value is -3.22. The molecule has 7 heteroatoms. The van der Waals surface area contributed by atoms with Gasteiger partial charge in [-0.2, -0.15) is 5.10 Å². The SMILES string of the molecule is O=C(Nc1cnn(-c2ccccn2)c1)c1ccc(N2CCCC2)nc1. The zero-order valence-electron chi connectivity index (χ0n) is 13.7. The topological polar surface area (TPSA) is 75.9 Å². The van der Waals surface area contributed by atoms with Gasteiger partial charge in [0.25, 0.3) is 5.91 Å². The molecule has 1 saturated heterocycles. The molecule has 3 aromatic heterocycles. The zero-order chi connectivity index (χ0) is 17.1. The lowest BCUT2D eigenvalue weighted by atomic mass is 10.2. The first-order valence-electron chi connectivity index (χ1n) is 8.28. The van der Waals surface area contributed by atoms with Gasteiger partial charge in [0.2, 0.25) is 0 Å². The molecule has 7 nitrogen and oxygen atoms in total. The fourth-order valence-corrected chi connectivity index (χ4v) is 2.86. The number of carbonyl (C=O) groups is 1. The number of hydrogen-bond donors (Lipinski definition) is 1. The lowest BCUT2D eigenvalue weighted by molar-refractivity contribution is 0.102. The molecule has 0 aliphatic carbocycles. The van der Waals surface area contributed by atoms with Crippen LogP contribution in [0.4, 0.5) is 11.5 Å². The van der Waals surface area contributed by atoms with Crippen LogP contribution in [-0.4, -0.2) is 38.7 Å². The molecular formula is C18H18N6O. The first-order valence-corrected chi connectivity index (χ1v) is 8.28. The summed E-state index contributed by atoms with van der Waals surface area (Å²) < 4.78 is 1.62. The van der Waals surface area contributed by atoms with Crippen molar-refractivity contribution in [2.75, 3.05) is 23.3 Å². The van der Waals surface area contributed by atoms with Crippen molar-refractivity contribution in [1.29, 1.82) is 0 Å². The van der Waals surface area contributed by atoms with Crippen molar-refractivity contribution in [3.8, 4) is 5.82 Å². The predicted octanol–water partition coefficient (Wildman–Crippen LogP) is 2.51. The molecule has 1 aliphatic heterocycles. The van der Waals surface area contributed by atoms with Crippen molar-refractivity contribution in [2.24, 2.45) is 0 Å². The second-order valence-corrected chi connectivity index (χ2v) is 5.91. The maximum Gasteiger partial charge on any atom is 0.257 e. The van der Waals surface area contributed by atoms with Gasteiger partial charge in [-0.25, -0.2) is 14.6 Å². The molecule has 0 bridgehead atoms. The third kappa shape index (κ3) is 3.35. The molecule has 3 aromatic rings. The molecule has 0 spiro atoms. The van der Waals surface area contributed by atoms with E-state index in [4.69, 9.17) is 0 Å². The van der Waals surface area contributed by atoms with E-state index >= 15 is 0 Å². The number of anilines is 2. The number of aromatic nitrogens is 4. The molecule has 1 fully saturated rings. The fraction of sp³-hybridized carbons (Fsp3) is 0.222. The number of nitrogens with zero attached hydrogens (tertiary/aromatic N) is 5. The summed E-state index contributed by atoms with van der Waals surface area (Å²) in [6.45, 7) is 2.07. The second kappa shape index (κ2) is 6.72. The van der Waals surface area contributed by atoms with Crippen molar-refractivity contribution in [3.05, 3.63) is 60.7 Å². The molecule has 0 atom stereocenters. The highest BCUT2D eigenvalue weighted by Crippen LogP contribution is 2.18. The van der Waals surface area contributed by atoms with Crippen LogP contribution in [0.5, 0.6) is 0 Å². The maximum absolute atomic E-state index is 12.4. The maximum atomic E-state index is 12.4. The van der Waals surface area contributed by atoms with Gasteiger partial charge in [0.05, 0.1) is 23.6 Å². The molecule has 4 heterocycles. The van der Waals surface area contributed by atoms with Crippen LogP contribution in [0.2, 0.25) is 0 Å². The second-order valence-electron chi connectivity index (χ2n) is 5.91. The van der Waals surface area contributed by atoms with Gasteiger partial charge >= 0.3 is 0 Å². The largest absolute Gasteiger partial charge is 0.357 e. The van der Waals surface area contributed by atoms with E-state index in [0.29, 0.717) is 17.1 Å². The number of amides is 1. The monoisotopic (exact) mass is 334 g/mol. The number of nitrogens with one attached hydrogen (secondary N) is 1. The summed E-state index contributed by atoms with van der Waals surface area (Å²) in [6, 6.07) is 9.28. The normalized spacial score (nSPS) is 13.8. The number of hydrogen-bond acceptors (Lipinski definition) is 5. The van der Waals surface area contributed by atoms with Crippen LogP contribution in [0.15, 0.2) is 55.1 Å². The number of rotatable bonds is 4. The summed E-state index contributed by atoms with van der Waals surface area (Å²) in [7, 11) is 0. The Bertz CT molecular complexity index is 853. The van der Waals surface area contributed by atoms with E-state index in [1.54, 1.807) is 35.5 Å². The lowest BCUT2D eigenvalue weighted by Crippen LogP contribution is -2.19. The molecule has 1 amide bonds. The molecule has 1 N–H and O–H groups in total. The Morgan fingerprint density at radius 2 is 1.88 bits per heavy atom. The highest BCUT2D eigenvalue weighted by molar-refractivity contribution is 6.04. The first kappa shape index (κ1) is 15.3. The molecule has 0 aromatic carbocycles. The van der Waals surface area contributed by atoms with Crippen LogP contribution in [0.3, 0.4) is 0 Å². The van der Waals surface area contributed by atoms with Crippen molar-refractivity contribution >= 4 is 17.4 Å². The van der Waals surface area contributed by atoms with Crippen LogP contribution >= 0.6 is 0 Å². The Morgan fingerprint density at radius 3 is 2.60 bits per heavy atom. The minimum Gasteiger partial charge on any atom is -0.357 e. The minimum absolute atomic E-state index is 0.207. The summed E-state index contributed by atoms with van der Waals surface area (Å²) in [5.74, 6) is 1.41. The van der Waals surface area contributed by atoms with Gasteiger partial charge in [0.15, 0.2) is 5.82 Å². The highest BCUT2D eigenvalue weighted by Gasteiger charge is 2.14. The van der Waals surface area contributed by atoms with Crippen LogP contribution in [0.25, 0.3) is 5.82 Å². The van der Waals surface area contributed by atoms with E-state index in [9.17, 15) is 4.79 Å². The van der Waals surface area contributed by atoms with Crippen LogP contribution in [0.1, 0.15) is 23.2 Å². The standard InChI is InChI=1S/C18H18N6O/c25-18(14-6-7-16(20-11-14)23-9-3-4-10-23)22-15-12-21-24(13-15)17-5-1-2-8-19-17/h1-2,5-8,11-13H,3-4,9-10H2,(H,22,25). The van der Waals surface area contributed by atoms with Crippen molar-refractivity contribution < 1.29 is 4.79 Å². The summed E-state index contributed by atoms with van der Waals surface area (Å²) in [5.41, 5.74) is 1.13. The average Bonchev–Trinajstić information content (AvgIpc) is 3.35. The minimum atomic E-state index is -0.207. The smallest absolute Gasteiger partial charge is 0.257 e. The van der Waals surface area contributed by atoms with E-state index < -0.39 is 0 Å².